The molecule has 1 aliphatic heterocycles. The van der Waals surface area contributed by atoms with Crippen molar-refractivity contribution in [2.45, 2.75) is 36.8 Å². The summed E-state index contributed by atoms with van der Waals surface area (Å²) >= 11 is 1.45. The van der Waals surface area contributed by atoms with Crippen LogP contribution in [-0.4, -0.2) is 41.3 Å². The van der Waals surface area contributed by atoms with Gasteiger partial charge in [0, 0.05) is 47.1 Å². The molecule has 2 amide bonds. The second-order valence-corrected chi connectivity index (χ2v) is 8.28. The summed E-state index contributed by atoms with van der Waals surface area (Å²) in [5.41, 5.74) is 2.15. The lowest BCUT2D eigenvalue weighted by Gasteiger charge is -2.39. The molecule has 2 fully saturated rings. The van der Waals surface area contributed by atoms with E-state index in [-0.39, 0.29) is 17.9 Å². The number of nitrogens with zero attached hydrogens (tertiary/aromatic N) is 1. The van der Waals surface area contributed by atoms with Crippen molar-refractivity contribution in [3.8, 4) is 0 Å². The molecule has 2 N–H and O–H groups in total. The average molecular weight is 398 g/mol. The van der Waals surface area contributed by atoms with Crippen molar-refractivity contribution in [3.05, 3.63) is 53.9 Å². The number of pyridine rings is 1. The van der Waals surface area contributed by atoms with Crippen LogP contribution in [0.1, 0.15) is 28.8 Å². The summed E-state index contributed by atoms with van der Waals surface area (Å²) in [6.45, 7) is 2.71. The molecular formula is C21H23N3O3S. The number of hydrogen-bond donors (Lipinski definition) is 2. The Hall–Kier alpha value is -2.38. The van der Waals surface area contributed by atoms with Crippen LogP contribution in [0, 0.1) is 12.8 Å². The van der Waals surface area contributed by atoms with Crippen molar-refractivity contribution in [3.63, 3.8) is 0 Å². The van der Waals surface area contributed by atoms with Crippen molar-refractivity contribution in [1.29, 1.82) is 0 Å². The number of anilines is 1. The molecule has 2 aliphatic rings. The molecule has 2 heterocycles. The predicted molar refractivity (Wildman–Crippen MR) is 108 cm³/mol. The summed E-state index contributed by atoms with van der Waals surface area (Å²) in [7, 11) is 0. The molecule has 6 nitrogen and oxygen atoms in total. The third-order valence-corrected chi connectivity index (χ3v) is 6.39. The van der Waals surface area contributed by atoms with Crippen LogP contribution >= 0.6 is 11.8 Å². The van der Waals surface area contributed by atoms with Crippen LogP contribution in [0.25, 0.3) is 0 Å². The first-order chi connectivity index (χ1) is 13.6. The number of benzene rings is 1. The number of hydrogen-bond acceptors (Lipinski definition) is 5. The summed E-state index contributed by atoms with van der Waals surface area (Å²) in [6, 6.07) is 9.34. The van der Waals surface area contributed by atoms with Gasteiger partial charge in [0.15, 0.2) is 0 Å². The Labute approximate surface area is 168 Å². The number of carbonyl (C=O) groups is 2. The molecule has 7 heteroatoms. The van der Waals surface area contributed by atoms with Crippen LogP contribution in [0.5, 0.6) is 0 Å². The van der Waals surface area contributed by atoms with Gasteiger partial charge in [-0.05, 0) is 49.6 Å². The average Bonchev–Trinajstić information content (AvgIpc) is 3.07. The summed E-state index contributed by atoms with van der Waals surface area (Å²) in [6.07, 6.45) is 5.62. The molecule has 1 saturated carbocycles. The molecule has 146 valence electrons. The highest BCUT2D eigenvalue weighted by atomic mass is 32.2. The number of fused-ring (bicyclic) bond motifs is 1. The van der Waals surface area contributed by atoms with E-state index >= 15 is 0 Å². The van der Waals surface area contributed by atoms with E-state index in [4.69, 9.17) is 4.74 Å². The molecule has 1 saturated heterocycles. The van der Waals surface area contributed by atoms with Crippen LogP contribution in [-0.2, 0) is 9.53 Å². The number of amides is 2. The minimum atomic E-state index is -0.104. The van der Waals surface area contributed by atoms with Gasteiger partial charge < -0.3 is 15.4 Å². The maximum absolute atomic E-state index is 12.6. The minimum Gasteiger partial charge on any atom is -0.378 e. The molecule has 2 aromatic rings. The lowest BCUT2D eigenvalue weighted by atomic mass is 9.76. The molecule has 4 rings (SSSR count). The normalized spacial score (nSPS) is 22.8. The van der Waals surface area contributed by atoms with Gasteiger partial charge in [-0.25, -0.2) is 0 Å². The van der Waals surface area contributed by atoms with E-state index in [1.54, 1.807) is 24.5 Å². The molecule has 1 aromatic heterocycles. The molecule has 28 heavy (non-hydrogen) atoms. The molecular weight excluding hydrogens is 374 g/mol. The quantitative estimate of drug-likeness (QED) is 0.733. The number of rotatable bonds is 6. The van der Waals surface area contributed by atoms with E-state index < -0.39 is 0 Å². The van der Waals surface area contributed by atoms with Gasteiger partial charge in [-0.2, -0.15) is 0 Å². The maximum atomic E-state index is 12.6. The zero-order valence-electron chi connectivity index (χ0n) is 15.7. The first-order valence-electron chi connectivity index (χ1n) is 9.46. The van der Waals surface area contributed by atoms with Gasteiger partial charge in [0.05, 0.1) is 11.9 Å². The first-order valence-corrected chi connectivity index (χ1v) is 10.4. The SMILES string of the molecule is Cc1ccc(C(=O)N[C@@H]2C[C@H]3OCC[C@@H]23)cc1NC(=O)CSc1ccncc1. The zero-order chi connectivity index (χ0) is 19.5. The third-order valence-electron chi connectivity index (χ3n) is 5.37. The fraction of sp³-hybridized carbons (Fsp3) is 0.381. The van der Waals surface area contributed by atoms with Crippen molar-refractivity contribution >= 4 is 29.3 Å². The number of aryl methyl sites for hydroxylation is 1. The van der Waals surface area contributed by atoms with Gasteiger partial charge >= 0.3 is 0 Å². The lowest BCUT2D eigenvalue weighted by molar-refractivity contribution is -0.113. The molecule has 0 bridgehead atoms. The molecule has 0 unspecified atom stereocenters. The summed E-state index contributed by atoms with van der Waals surface area (Å²) in [4.78, 5) is 29.9. The molecule has 0 spiro atoms. The summed E-state index contributed by atoms with van der Waals surface area (Å²) in [5, 5.41) is 6.03. The highest BCUT2D eigenvalue weighted by Gasteiger charge is 2.45. The lowest BCUT2D eigenvalue weighted by Crippen LogP contribution is -2.53. The largest absolute Gasteiger partial charge is 0.378 e. The predicted octanol–water partition coefficient (Wildman–Crippen LogP) is 3.03. The van der Waals surface area contributed by atoms with Crippen LogP contribution < -0.4 is 10.6 Å². The monoisotopic (exact) mass is 397 g/mol. The second kappa shape index (κ2) is 8.32. The Morgan fingerprint density at radius 3 is 2.86 bits per heavy atom. The Bertz CT molecular complexity index is 874. The first kappa shape index (κ1) is 19.0. The van der Waals surface area contributed by atoms with E-state index in [9.17, 15) is 9.59 Å². The van der Waals surface area contributed by atoms with Crippen molar-refractivity contribution in [1.82, 2.24) is 10.3 Å². The van der Waals surface area contributed by atoms with Crippen LogP contribution in [0.2, 0.25) is 0 Å². The minimum absolute atomic E-state index is 0.1000. The summed E-state index contributed by atoms with van der Waals surface area (Å²) < 4.78 is 5.60. The maximum Gasteiger partial charge on any atom is 0.251 e. The number of nitrogens with one attached hydrogen (secondary N) is 2. The Balaban J connectivity index is 1.35. The van der Waals surface area contributed by atoms with Crippen LogP contribution in [0.4, 0.5) is 5.69 Å². The van der Waals surface area contributed by atoms with Gasteiger partial charge in [-0.3, -0.25) is 14.6 Å². The Morgan fingerprint density at radius 2 is 2.07 bits per heavy atom. The van der Waals surface area contributed by atoms with Gasteiger partial charge in [-0.1, -0.05) is 6.07 Å². The molecule has 1 aliphatic carbocycles. The topological polar surface area (TPSA) is 80.3 Å². The van der Waals surface area contributed by atoms with Crippen molar-refractivity contribution in [2.75, 3.05) is 17.7 Å². The van der Waals surface area contributed by atoms with E-state index in [2.05, 4.69) is 15.6 Å². The standard InChI is InChI=1S/C21H23N3O3S/c1-13-2-3-14(21(26)24-18-11-19-16(18)6-9-27-19)10-17(13)23-20(25)12-28-15-4-7-22-8-5-15/h2-5,7-8,10,16,18-19H,6,9,11-12H2,1H3,(H,23,25)(H,24,26)/t16-,18+,19+/m0/s1. The highest BCUT2D eigenvalue weighted by molar-refractivity contribution is 8.00. The van der Waals surface area contributed by atoms with Crippen molar-refractivity contribution in [2.24, 2.45) is 5.92 Å². The van der Waals surface area contributed by atoms with Gasteiger partial charge in [0.2, 0.25) is 5.91 Å². The third kappa shape index (κ3) is 4.20. The molecule has 0 radical (unpaired) electrons. The fourth-order valence-electron chi connectivity index (χ4n) is 3.68. The molecule has 3 atom stereocenters. The summed E-state index contributed by atoms with van der Waals surface area (Å²) in [5.74, 6) is 0.536. The number of aromatic nitrogens is 1. The van der Waals surface area contributed by atoms with E-state index in [0.717, 1.165) is 29.9 Å². The Kier molecular flexibility index (Phi) is 5.64. The van der Waals surface area contributed by atoms with Crippen molar-refractivity contribution < 1.29 is 14.3 Å². The van der Waals surface area contributed by atoms with E-state index in [1.165, 1.54) is 11.8 Å². The number of thioether (sulfide) groups is 1. The molecule has 1 aromatic carbocycles. The van der Waals surface area contributed by atoms with Gasteiger partial charge in [0.1, 0.15) is 0 Å². The van der Waals surface area contributed by atoms with Gasteiger partial charge in [-0.15, -0.1) is 11.8 Å². The zero-order valence-corrected chi connectivity index (χ0v) is 16.5. The highest BCUT2D eigenvalue weighted by Crippen LogP contribution is 2.38. The van der Waals surface area contributed by atoms with E-state index in [1.807, 2.05) is 25.1 Å². The fourth-order valence-corrected chi connectivity index (χ4v) is 4.37. The van der Waals surface area contributed by atoms with Crippen LogP contribution in [0.3, 0.4) is 0 Å². The smallest absolute Gasteiger partial charge is 0.251 e. The number of carbonyl (C=O) groups excluding carboxylic acids is 2. The Morgan fingerprint density at radius 1 is 1.25 bits per heavy atom. The second-order valence-electron chi connectivity index (χ2n) is 7.23. The van der Waals surface area contributed by atoms with E-state index in [0.29, 0.717) is 29.0 Å². The van der Waals surface area contributed by atoms with Gasteiger partial charge in [0.25, 0.3) is 5.91 Å². The number of ether oxygens (including phenoxy) is 1. The van der Waals surface area contributed by atoms with Crippen LogP contribution in [0.15, 0.2) is 47.6 Å².